The first kappa shape index (κ1) is 36.7. The van der Waals surface area contributed by atoms with Crippen LogP contribution in [0.15, 0.2) is 0 Å². The Kier molecular flexibility index (Phi) is 10.7. The average Bonchev–Trinajstić information content (AvgIpc) is 3.27. The van der Waals surface area contributed by atoms with Crippen LogP contribution in [0.5, 0.6) is 0 Å². The van der Waals surface area contributed by atoms with Crippen LogP contribution >= 0.6 is 0 Å². The van der Waals surface area contributed by atoms with Crippen molar-refractivity contribution in [3.8, 4) is 0 Å². The van der Waals surface area contributed by atoms with E-state index >= 15 is 0 Å². The third-order valence-corrected chi connectivity index (χ3v) is 10.4. The van der Waals surface area contributed by atoms with Gasteiger partial charge in [-0.15, -0.1) is 0 Å². The van der Waals surface area contributed by atoms with Crippen LogP contribution in [0, 0.1) is 23.7 Å². The number of carbonyl (C=O) groups excluding carboxylic acids is 3. The zero-order valence-corrected chi connectivity index (χ0v) is 29.5. The van der Waals surface area contributed by atoms with Gasteiger partial charge in [-0.3, -0.25) is 14.4 Å². The number of rotatable bonds is 12. The monoisotopic (exact) mass is 623 g/mol. The zero-order chi connectivity index (χ0) is 33.5. The lowest BCUT2D eigenvalue weighted by Gasteiger charge is -2.35. The summed E-state index contributed by atoms with van der Waals surface area (Å²) >= 11 is 0. The Labute approximate surface area is 265 Å². The summed E-state index contributed by atoms with van der Waals surface area (Å²) < 4.78 is 17.1. The van der Waals surface area contributed by atoms with E-state index < -0.39 is 34.9 Å². The second kappa shape index (κ2) is 12.8. The fourth-order valence-corrected chi connectivity index (χ4v) is 8.16. The highest BCUT2D eigenvalue weighted by molar-refractivity contribution is 5.76. The molecule has 3 aliphatic heterocycles. The van der Waals surface area contributed by atoms with Gasteiger partial charge in [0.05, 0.1) is 19.8 Å². The van der Waals surface area contributed by atoms with Crippen LogP contribution in [-0.2, 0) is 28.6 Å². The van der Waals surface area contributed by atoms with Crippen molar-refractivity contribution in [3.63, 3.8) is 0 Å². The molecule has 10 nitrogen and oxygen atoms in total. The summed E-state index contributed by atoms with van der Waals surface area (Å²) in [5.41, 5.74) is -1.46. The second-order valence-electron chi connectivity index (χ2n) is 17.5. The van der Waals surface area contributed by atoms with Crippen molar-refractivity contribution in [3.05, 3.63) is 0 Å². The smallest absolute Gasteiger partial charge is 0.306 e. The molecule has 3 fully saturated rings. The first-order chi connectivity index (χ1) is 19.9. The third-order valence-electron chi connectivity index (χ3n) is 10.4. The maximum absolute atomic E-state index is 13.1. The SMILES string of the molecule is CC1(C)CC(COC(=O)CC(CC(=O)OCC2CC(C)(C)NC2(C)C)CC(=O)OCC2CC(C)(C)N(O)C2(C)C)C(C)(C)N1. The highest BCUT2D eigenvalue weighted by atomic mass is 16.5. The molecule has 0 aromatic rings. The van der Waals surface area contributed by atoms with E-state index in [1.165, 1.54) is 5.06 Å². The molecule has 254 valence electrons. The van der Waals surface area contributed by atoms with E-state index in [2.05, 4.69) is 66.0 Å². The molecule has 3 saturated heterocycles. The van der Waals surface area contributed by atoms with Crippen LogP contribution in [0.1, 0.15) is 122 Å². The van der Waals surface area contributed by atoms with Crippen molar-refractivity contribution in [1.29, 1.82) is 0 Å². The molecule has 3 atom stereocenters. The summed E-state index contributed by atoms with van der Waals surface area (Å²) in [4.78, 5) is 39.1. The number of esters is 3. The highest BCUT2D eigenvalue weighted by Crippen LogP contribution is 2.43. The van der Waals surface area contributed by atoms with Gasteiger partial charge >= 0.3 is 17.9 Å². The minimum atomic E-state index is -0.609. The van der Waals surface area contributed by atoms with Gasteiger partial charge in [0.1, 0.15) is 0 Å². The predicted molar refractivity (Wildman–Crippen MR) is 169 cm³/mol. The van der Waals surface area contributed by atoms with Gasteiger partial charge in [0.2, 0.25) is 0 Å². The minimum absolute atomic E-state index is 0.0502. The number of hydroxylamine groups is 2. The number of hydrogen-bond acceptors (Lipinski definition) is 10. The van der Waals surface area contributed by atoms with Crippen LogP contribution < -0.4 is 10.6 Å². The number of ether oxygens (including phenoxy) is 3. The van der Waals surface area contributed by atoms with Crippen LogP contribution in [-0.4, -0.2) is 81.2 Å². The molecule has 0 aromatic heterocycles. The van der Waals surface area contributed by atoms with E-state index in [0.717, 1.165) is 12.8 Å². The van der Waals surface area contributed by atoms with Gasteiger partial charge in [-0.25, -0.2) is 0 Å². The van der Waals surface area contributed by atoms with E-state index in [1.807, 2.05) is 27.7 Å². The van der Waals surface area contributed by atoms with Crippen molar-refractivity contribution in [2.24, 2.45) is 23.7 Å². The standard InChI is InChI=1S/C34H61N3O7/c1-29(2)16-23(32(7,8)35-29)19-42-26(38)13-22(14-27(39)43-20-24-17-30(3,4)36-33(24,9)10)15-28(40)44-21-25-18-31(5,6)37(41)34(25,11)12/h22-25,35-36,41H,13-21H2,1-12H3. The normalized spacial score (nSPS) is 30.1. The molecular weight excluding hydrogens is 562 g/mol. The molecule has 44 heavy (non-hydrogen) atoms. The Hall–Kier alpha value is -1.75. The largest absolute Gasteiger partial charge is 0.465 e. The lowest BCUT2D eigenvalue weighted by Crippen LogP contribution is -2.47. The van der Waals surface area contributed by atoms with Gasteiger partial charge in [0.25, 0.3) is 0 Å². The number of nitrogens with zero attached hydrogens (tertiary/aromatic N) is 1. The van der Waals surface area contributed by atoms with Crippen LogP contribution in [0.4, 0.5) is 0 Å². The summed E-state index contributed by atoms with van der Waals surface area (Å²) in [6.45, 7) is 25.5. The third kappa shape index (κ3) is 9.17. The summed E-state index contributed by atoms with van der Waals surface area (Å²) in [6.07, 6.45) is 2.15. The van der Waals surface area contributed by atoms with Crippen LogP contribution in [0.25, 0.3) is 0 Å². The summed E-state index contributed by atoms with van der Waals surface area (Å²) in [5, 5.41) is 19.2. The molecule has 10 heteroatoms. The van der Waals surface area contributed by atoms with Crippen LogP contribution in [0.2, 0.25) is 0 Å². The van der Waals surface area contributed by atoms with Crippen molar-refractivity contribution in [2.75, 3.05) is 19.8 Å². The molecule has 3 unspecified atom stereocenters. The first-order valence-corrected chi connectivity index (χ1v) is 16.4. The fourth-order valence-electron chi connectivity index (χ4n) is 8.16. The number of nitrogens with one attached hydrogen (secondary N) is 2. The summed E-state index contributed by atoms with van der Waals surface area (Å²) in [7, 11) is 0. The average molecular weight is 624 g/mol. The lowest BCUT2D eigenvalue weighted by atomic mass is 9.87. The quantitative estimate of drug-likeness (QED) is 0.202. The number of hydrogen-bond donors (Lipinski definition) is 3. The summed E-state index contributed by atoms with van der Waals surface area (Å²) in [5.74, 6) is -1.74. The highest BCUT2D eigenvalue weighted by Gasteiger charge is 2.52. The molecule has 0 amide bonds. The van der Waals surface area contributed by atoms with Crippen LogP contribution in [0.3, 0.4) is 0 Å². The van der Waals surface area contributed by atoms with Gasteiger partial charge in [-0.1, -0.05) is 0 Å². The topological polar surface area (TPSA) is 126 Å². The van der Waals surface area contributed by atoms with Gasteiger partial charge in [-0.05, 0) is 108 Å². The summed E-state index contributed by atoms with van der Waals surface area (Å²) in [6, 6.07) is 0. The Morgan fingerprint density at radius 1 is 0.636 bits per heavy atom. The van der Waals surface area contributed by atoms with Crippen molar-refractivity contribution in [1.82, 2.24) is 15.7 Å². The van der Waals surface area contributed by atoms with Crippen molar-refractivity contribution < 1.29 is 33.8 Å². The zero-order valence-electron chi connectivity index (χ0n) is 29.5. The maximum atomic E-state index is 13.1. The van der Waals surface area contributed by atoms with Gasteiger partial charge in [0, 0.05) is 70.2 Å². The lowest BCUT2D eigenvalue weighted by molar-refractivity contribution is -0.199. The molecule has 0 aromatic carbocycles. The van der Waals surface area contributed by atoms with E-state index in [1.54, 1.807) is 0 Å². The van der Waals surface area contributed by atoms with Crippen molar-refractivity contribution in [2.45, 2.75) is 155 Å². The molecule has 0 bridgehead atoms. The van der Waals surface area contributed by atoms with E-state index in [-0.39, 0.29) is 79.0 Å². The first-order valence-electron chi connectivity index (χ1n) is 16.4. The molecule has 0 spiro atoms. The molecule has 3 N–H and O–H groups in total. The van der Waals surface area contributed by atoms with E-state index in [4.69, 9.17) is 14.2 Å². The Morgan fingerprint density at radius 3 is 1.25 bits per heavy atom. The van der Waals surface area contributed by atoms with Gasteiger partial charge in [-0.2, -0.15) is 5.06 Å². The molecule has 0 aliphatic carbocycles. The Balaban J connectivity index is 1.60. The fraction of sp³-hybridized carbons (Fsp3) is 0.912. The molecule has 3 aliphatic rings. The Bertz CT molecular complexity index is 1010. The van der Waals surface area contributed by atoms with Gasteiger partial charge < -0.3 is 30.1 Å². The minimum Gasteiger partial charge on any atom is -0.465 e. The molecule has 3 heterocycles. The maximum Gasteiger partial charge on any atom is 0.306 e. The van der Waals surface area contributed by atoms with E-state index in [9.17, 15) is 19.6 Å². The molecule has 3 rings (SSSR count). The predicted octanol–water partition coefficient (Wildman–Crippen LogP) is 5.00. The molecule has 0 saturated carbocycles. The van der Waals surface area contributed by atoms with Crippen molar-refractivity contribution >= 4 is 17.9 Å². The van der Waals surface area contributed by atoms with E-state index in [0.29, 0.717) is 6.42 Å². The molecule has 0 radical (unpaired) electrons. The number of carbonyl (C=O) groups is 3. The second-order valence-corrected chi connectivity index (χ2v) is 17.5. The Morgan fingerprint density at radius 2 is 0.977 bits per heavy atom. The van der Waals surface area contributed by atoms with Gasteiger partial charge in [0.15, 0.2) is 0 Å². The molecular formula is C34H61N3O7.